The standard InChI is InChI=1S/C23H29FN2O/c1-16-6-9-20(13-17(16)2)18(3)25-23(27)21-5-4-12-26(15-21)14-19-7-10-22(24)11-8-19/h6-11,13,18,21H,4-5,12,14-15H2,1-3H3,(H,25,27)/t18-,21+/m1/s1. The summed E-state index contributed by atoms with van der Waals surface area (Å²) in [7, 11) is 0. The molecule has 2 aromatic carbocycles. The van der Waals surface area contributed by atoms with Gasteiger partial charge in [0.05, 0.1) is 12.0 Å². The molecule has 0 radical (unpaired) electrons. The highest BCUT2D eigenvalue weighted by atomic mass is 19.1. The second kappa shape index (κ2) is 8.66. The number of hydrogen-bond donors (Lipinski definition) is 1. The van der Waals surface area contributed by atoms with Crippen LogP contribution in [0.15, 0.2) is 42.5 Å². The predicted octanol–water partition coefficient (Wildman–Crippen LogP) is 4.53. The molecule has 0 aromatic heterocycles. The fourth-order valence-electron chi connectivity index (χ4n) is 3.71. The van der Waals surface area contributed by atoms with Crippen LogP contribution in [-0.4, -0.2) is 23.9 Å². The molecular weight excluding hydrogens is 339 g/mol. The van der Waals surface area contributed by atoms with Gasteiger partial charge >= 0.3 is 0 Å². The Morgan fingerprint density at radius 2 is 1.93 bits per heavy atom. The van der Waals surface area contributed by atoms with E-state index in [-0.39, 0.29) is 23.7 Å². The zero-order valence-corrected chi connectivity index (χ0v) is 16.5. The van der Waals surface area contributed by atoms with Crippen molar-refractivity contribution in [2.75, 3.05) is 13.1 Å². The van der Waals surface area contributed by atoms with E-state index in [1.54, 1.807) is 0 Å². The van der Waals surface area contributed by atoms with Crippen molar-refractivity contribution in [2.24, 2.45) is 5.92 Å². The summed E-state index contributed by atoms with van der Waals surface area (Å²) in [6, 6.07) is 13.0. The van der Waals surface area contributed by atoms with E-state index in [4.69, 9.17) is 0 Å². The van der Waals surface area contributed by atoms with E-state index in [2.05, 4.69) is 42.3 Å². The first-order chi connectivity index (χ1) is 12.9. The summed E-state index contributed by atoms with van der Waals surface area (Å²) in [4.78, 5) is 15.1. The summed E-state index contributed by atoms with van der Waals surface area (Å²) in [6.07, 6.45) is 1.93. The fourth-order valence-corrected chi connectivity index (χ4v) is 3.71. The maximum absolute atomic E-state index is 13.1. The van der Waals surface area contributed by atoms with Crippen molar-refractivity contribution in [3.63, 3.8) is 0 Å². The number of aryl methyl sites for hydroxylation is 2. The Morgan fingerprint density at radius 1 is 1.19 bits per heavy atom. The smallest absolute Gasteiger partial charge is 0.224 e. The maximum atomic E-state index is 13.1. The van der Waals surface area contributed by atoms with Gasteiger partial charge in [-0.1, -0.05) is 30.3 Å². The Morgan fingerprint density at radius 3 is 2.63 bits per heavy atom. The number of carbonyl (C=O) groups is 1. The van der Waals surface area contributed by atoms with E-state index < -0.39 is 0 Å². The molecule has 4 heteroatoms. The van der Waals surface area contributed by atoms with Gasteiger partial charge in [0.2, 0.25) is 5.91 Å². The molecule has 2 aromatic rings. The van der Waals surface area contributed by atoms with E-state index in [1.807, 2.05) is 19.1 Å². The van der Waals surface area contributed by atoms with Crippen LogP contribution >= 0.6 is 0 Å². The van der Waals surface area contributed by atoms with Gasteiger partial charge in [-0.3, -0.25) is 9.69 Å². The Hall–Kier alpha value is -2.20. The molecule has 3 nitrogen and oxygen atoms in total. The highest BCUT2D eigenvalue weighted by Gasteiger charge is 2.26. The van der Waals surface area contributed by atoms with E-state index >= 15 is 0 Å². The Labute approximate surface area is 161 Å². The molecular formula is C23H29FN2O. The first-order valence-electron chi connectivity index (χ1n) is 9.76. The number of nitrogens with one attached hydrogen (secondary N) is 1. The Kier molecular flexibility index (Phi) is 6.27. The van der Waals surface area contributed by atoms with E-state index in [0.29, 0.717) is 0 Å². The van der Waals surface area contributed by atoms with Gasteiger partial charge in [-0.25, -0.2) is 4.39 Å². The zero-order valence-electron chi connectivity index (χ0n) is 16.5. The van der Waals surface area contributed by atoms with Gasteiger partial charge in [0, 0.05) is 13.1 Å². The summed E-state index contributed by atoms with van der Waals surface area (Å²) < 4.78 is 13.1. The Balaban J connectivity index is 1.57. The molecule has 2 atom stereocenters. The van der Waals surface area contributed by atoms with Crippen LogP contribution in [0.3, 0.4) is 0 Å². The lowest BCUT2D eigenvalue weighted by molar-refractivity contribution is -0.127. The van der Waals surface area contributed by atoms with Crippen LogP contribution in [-0.2, 0) is 11.3 Å². The predicted molar refractivity (Wildman–Crippen MR) is 107 cm³/mol. The van der Waals surface area contributed by atoms with E-state index in [9.17, 15) is 9.18 Å². The molecule has 1 aliphatic heterocycles. The molecule has 3 rings (SSSR count). The molecule has 27 heavy (non-hydrogen) atoms. The lowest BCUT2D eigenvalue weighted by Gasteiger charge is -2.32. The number of nitrogens with zero attached hydrogens (tertiary/aromatic N) is 1. The minimum atomic E-state index is -0.213. The van der Waals surface area contributed by atoms with Crippen molar-refractivity contribution in [2.45, 2.75) is 46.2 Å². The largest absolute Gasteiger partial charge is 0.349 e. The average molecular weight is 368 g/mol. The molecule has 0 aliphatic carbocycles. The lowest BCUT2D eigenvalue weighted by Crippen LogP contribution is -2.43. The van der Waals surface area contributed by atoms with Crippen LogP contribution in [0.5, 0.6) is 0 Å². The SMILES string of the molecule is Cc1ccc([C@@H](C)NC(=O)[C@H]2CCCN(Cc3ccc(F)cc3)C2)cc1C. The van der Waals surface area contributed by atoms with Gasteiger partial charge in [-0.15, -0.1) is 0 Å². The third-order valence-electron chi connectivity index (χ3n) is 5.59. The summed E-state index contributed by atoms with van der Waals surface area (Å²) in [5.41, 5.74) is 4.74. The van der Waals surface area contributed by atoms with Crippen molar-refractivity contribution < 1.29 is 9.18 Å². The molecule has 1 amide bonds. The normalized spacial score (nSPS) is 18.9. The number of piperidine rings is 1. The number of halogens is 1. The number of rotatable bonds is 5. The van der Waals surface area contributed by atoms with Crippen LogP contribution in [0.1, 0.15) is 48.1 Å². The Bertz CT molecular complexity index is 787. The summed E-state index contributed by atoms with van der Waals surface area (Å²) in [5.74, 6) is -0.0762. The van der Waals surface area contributed by atoms with E-state index in [1.165, 1.54) is 23.3 Å². The maximum Gasteiger partial charge on any atom is 0.224 e. The van der Waals surface area contributed by atoms with Crippen molar-refractivity contribution in [1.29, 1.82) is 0 Å². The van der Waals surface area contributed by atoms with Crippen LogP contribution < -0.4 is 5.32 Å². The molecule has 1 fully saturated rings. The zero-order chi connectivity index (χ0) is 19.4. The number of likely N-dealkylation sites (tertiary alicyclic amines) is 1. The van der Waals surface area contributed by atoms with E-state index in [0.717, 1.165) is 43.6 Å². The summed E-state index contributed by atoms with van der Waals surface area (Å²) >= 11 is 0. The number of benzene rings is 2. The minimum Gasteiger partial charge on any atom is -0.349 e. The van der Waals surface area contributed by atoms with Crippen molar-refractivity contribution in [3.8, 4) is 0 Å². The van der Waals surface area contributed by atoms with Gasteiger partial charge in [0.25, 0.3) is 0 Å². The van der Waals surface area contributed by atoms with Gasteiger partial charge < -0.3 is 5.32 Å². The molecule has 0 unspecified atom stereocenters. The topological polar surface area (TPSA) is 32.3 Å². The molecule has 1 saturated heterocycles. The quantitative estimate of drug-likeness (QED) is 0.841. The molecule has 1 N–H and O–H groups in total. The van der Waals surface area contributed by atoms with Crippen LogP contribution in [0, 0.1) is 25.6 Å². The first-order valence-corrected chi connectivity index (χ1v) is 9.76. The minimum absolute atomic E-state index is 0.00396. The van der Waals surface area contributed by atoms with Crippen LogP contribution in [0.25, 0.3) is 0 Å². The van der Waals surface area contributed by atoms with Gasteiger partial charge in [0.1, 0.15) is 5.82 Å². The molecule has 1 heterocycles. The van der Waals surface area contributed by atoms with Crippen molar-refractivity contribution in [3.05, 3.63) is 70.5 Å². The highest BCUT2D eigenvalue weighted by molar-refractivity contribution is 5.79. The third-order valence-corrected chi connectivity index (χ3v) is 5.59. The summed E-state index contributed by atoms with van der Waals surface area (Å²) in [6.45, 7) is 8.73. The van der Waals surface area contributed by atoms with Crippen molar-refractivity contribution in [1.82, 2.24) is 10.2 Å². The number of carbonyl (C=O) groups excluding carboxylic acids is 1. The van der Waals surface area contributed by atoms with Gasteiger partial charge in [0.15, 0.2) is 0 Å². The molecule has 0 bridgehead atoms. The van der Waals surface area contributed by atoms with Crippen molar-refractivity contribution >= 4 is 5.91 Å². The molecule has 1 aliphatic rings. The highest BCUT2D eigenvalue weighted by Crippen LogP contribution is 2.22. The van der Waals surface area contributed by atoms with Gasteiger partial charge in [-0.05, 0) is 74.5 Å². The van der Waals surface area contributed by atoms with Gasteiger partial charge in [-0.2, -0.15) is 0 Å². The first kappa shape index (κ1) is 19.6. The second-order valence-electron chi connectivity index (χ2n) is 7.77. The molecule has 0 saturated carbocycles. The van der Waals surface area contributed by atoms with Crippen LogP contribution in [0.2, 0.25) is 0 Å². The average Bonchev–Trinajstić information content (AvgIpc) is 2.66. The second-order valence-corrected chi connectivity index (χ2v) is 7.77. The number of hydrogen-bond acceptors (Lipinski definition) is 2. The lowest BCUT2D eigenvalue weighted by atomic mass is 9.95. The number of amides is 1. The monoisotopic (exact) mass is 368 g/mol. The fraction of sp³-hybridized carbons (Fsp3) is 0.435. The molecule has 144 valence electrons. The summed E-state index contributed by atoms with van der Waals surface area (Å²) in [5, 5.41) is 3.19. The van der Waals surface area contributed by atoms with Crippen LogP contribution in [0.4, 0.5) is 4.39 Å². The molecule has 0 spiro atoms. The third kappa shape index (κ3) is 5.16.